The highest BCUT2D eigenvalue weighted by atomic mass is 16.2. The minimum absolute atomic E-state index is 0.206. The zero-order chi connectivity index (χ0) is 13.8. The molecule has 1 aliphatic rings. The van der Waals surface area contributed by atoms with Crippen molar-refractivity contribution < 1.29 is 4.79 Å². The van der Waals surface area contributed by atoms with E-state index in [4.69, 9.17) is 5.41 Å². The quantitative estimate of drug-likeness (QED) is 0.838. The van der Waals surface area contributed by atoms with Crippen molar-refractivity contribution in [3.8, 4) is 0 Å². The van der Waals surface area contributed by atoms with E-state index in [1.54, 1.807) is 4.90 Å². The number of anilines is 1. The lowest BCUT2D eigenvalue weighted by atomic mass is 10.1. The summed E-state index contributed by atoms with van der Waals surface area (Å²) >= 11 is 0. The van der Waals surface area contributed by atoms with Crippen LogP contribution in [0.15, 0.2) is 18.3 Å². The Kier molecular flexibility index (Phi) is 4.14. The van der Waals surface area contributed by atoms with Crippen LogP contribution in [0.4, 0.5) is 5.82 Å². The van der Waals surface area contributed by atoms with Crippen LogP contribution in [0.2, 0.25) is 0 Å². The second-order valence-corrected chi connectivity index (χ2v) is 5.06. The van der Waals surface area contributed by atoms with E-state index < -0.39 is 0 Å². The number of nitrogens with one attached hydrogen (secondary N) is 1. The van der Waals surface area contributed by atoms with Gasteiger partial charge in [-0.05, 0) is 17.5 Å². The fraction of sp³-hybridized carbons (Fsp3) is 0.500. The maximum atomic E-state index is 11.4. The van der Waals surface area contributed by atoms with Gasteiger partial charge in [-0.25, -0.2) is 4.98 Å². The summed E-state index contributed by atoms with van der Waals surface area (Å²) in [4.78, 5) is 19.7. The number of hydrogen-bond donors (Lipinski definition) is 1. The van der Waals surface area contributed by atoms with Crippen LogP contribution in [0.5, 0.6) is 0 Å². The van der Waals surface area contributed by atoms with E-state index in [2.05, 4.69) is 29.8 Å². The van der Waals surface area contributed by atoms with Crippen LogP contribution in [0.1, 0.15) is 25.3 Å². The van der Waals surface area contributed by atoms with Gasteiger partial charge >= 0.3 is 0 Å². The number of carbonyl (C=O) groups is 1. The van der Waals surface area contributed by atoms with Gasteiger partial charge in [0.25, 0.3) is 5.91 Å². The molecule has 102 valence electrons. The zero-order valence-corrected chi connectivity index (χ0v) is 11.5. The van der Waals surface area contributed by atoms with Crippen molar-refractivity contribution in [2.75, 3.05) is 31.1 Å². The van der Waals surface area contributed by atoms with Gasteiger partial charge in [-0.1, -0.05) is 19.9 Å². The second-order valence-electron chi connectivity index (χ2n) is 5.06. The van der Waals surface area contributed by atoms with E-state index in [1.807, 2.05) is 12.3 Å². The van der Waals surface area contributed by atoms with Crippen LogP contribution < -0.4 is 4.90 Å². The SMILES string of the molecule is CC(C)c1ccc(N2CCN(C(=O)C=N)CC2)nc1. The van der Waals surface area contributed by atoms with Crippen molar-refractivity contribution in [2.24, 2.45) is 0 Å². The van der Waals surface area contributed by atoms with E-state index >= 15 is 0 Å². The molecule has 1 amide bonds. The topological polar surface area (TPSA) is 60.3 Å². The molecule has 0 unspecified atom stereocenters. The first kappa shape index (κ1) is 13.5. The van der Waals surface area contributed by atoms with E-state index in [0.29, 0.717) is 19.0 Å². The summed E-state index contributed by atoms with van der Waals surface area (Å²) in [7, 11) is 0. The normalized spacial score (nSPS) is 15.7. The van der Waals surface area contributed by atoms with Crippen molar-refractivity contribution in [3.63, 3.8) is 0 Å². The minimum atomic E-state index is -0.206. The van der Waals surface area contributed by atoms with Crippen LogP contribution in [-0.4, -0.2) is 48.2 Å². The lowest BCUT2D eigenvalue weighted by Gasteiger charge is -2.34. The zero-order valence-electron chi connectivity index (χ0n) is 11.5. The smallest absolute Gasteiger partial charge is 0.264 e. The Morgan fingerprint density at radius 2 is 2.00 bits per heavy atom. The highest BCUT2D eigenvalue weighted by Crippen LogP contribution is 2.18. The number of piperazine rings is 1. The van der Waals surface area contributed by atoms with Crippen LogP contribution in [-0.2, 0) is 4.79 Å². The molecule has 0 bridgehead atoms. The molecule has 1 saturated heterocycles. The molecule has 1 N–H and O–H groups in total. The number of rotatable bonds is 3. The first-order valence-corrected chi connectivity index (χ1v) is 6.62. The number of carbonyl (C=O) groups excluding carboxylic acids is 1. The van der Waals surface area contributed by atoms with E-state index in [9.17, 15) is 4.79 Å². The Hall–Kier alpha value is -1.91. The van der Waals surface area contributed by atoms with E-state index in [-0.39, 0.29) is 5.91 Å². The van der Waals surface area contributed by atoms with Crippen LogP contribution >= 0.6 is 0 Å². The predicted molar refractivity (Wildman–Crippen MR) is 75.9 cm³/mol. The molecule has 2 heterocycles. The molecule has 5 nitrogen and oxygen atoms in total. The molecule has 0 spiro atoms. The van der Waals surface area contributed by atoms with Gasteiger partial charge in [-0.15, -0.1) is 0 Å². The third kappa shape index (κ3) is 3.10. The maximum Gasteiger partial charge on any atom is 0.264 e. The summed E-state index contributed by atoms with van der Waals surface area (Å²) in [6.45, 7) is 7.15. The summed E-state index contributed by atoms with van der Waals surface area (Å²) in [5, 5.41) is 6.98. The molecular formula is C14H20N4O. The second kappa shape index (κ2) is 5.82. The van der Waals surface area contributed by atoms with Crippen molar-refractivity contribution in [1.29, 1.82) is 5.41 Å². The molecule has 0 aromatic carbocycles. The molecule has 2 rings (SSSR count). The van der Waals surface area contributed by atoms with Crippen molar-refractivity contribution in [1.82, 2.24) is 9.88 Å². The minimum Gasteiger partial charge on any atom is -0.353 e. The number of nitrogens with zero attached hydrogens (tertiary/aromatic N) is 3. The van der Waals surface area contributed by atoms with Gasteiger partial charge in [0.05, 0.1) is 6.21 Å². The van der Waals surface area contributed by atoms with Gasteiger partial charge < -0.3 is 15.2 Å². The molecule has 1 aromatic rings. The van der Waals surface area contributed by atoms with E-state index in [0.717, 1.165) is 25.1 Å². The molecule has 0 atom stereocenters. The highest BCUT2D eigenvalue weighted by molar-refractivity contribution is 6.24. The van der Waals surface area contributed by atoms with Gasteiger partial charge in [0.1, 0.15) is 5.82 Å². The molecule has 1 aromatic heterocycles. The molecule has 0 radical (unpaired) electrons. The Bertz CT molecular complexity index is 447. The third-order valence-electron chi connectivity index (χ3n) is 3.48. The first-order valence-electron chi connectivity index (χ1n) is 6.62. The molecule has 1 aliphatic heterocycles. The molecule has 0 aliphatic carbocycles. The van der Waals surface area contributed by atoms with Gasteiger partial charge in [-0.3, -0.25) is 4.79 Å². The third-order valence-corrected chi connectivity index (χ3v) is 3.48. The molecule has 1 fully saturated rings. The van der Waals surface area contributed by atoms with Crippen molar-refractivity contribution in [2.45, 2.75) is 19.8 Å². The monoisotopic (exact) mass is 260 g/mol. The standard InChI is InChI=1S/C14H20N4O/c1-11(2)12-3-4-13(16-10-12)17-5-7-18(8-6-17)14(19)9-15/h3-4,9-11,15H,5-8H2,1-2H3. The summed E-state index contributed by atoms with van der Waals surface area (Å²) < 4.78 is 0. The number of hydrogen-bond acceptors (Lipinski definition) is 4. The van der Waals surface area contributed by atoms with Crippen molar-refractivity contribution >= 4 is 17.9 Å². The lowest BCUT2D eigenvalue weighted by molar-refractivity contribution is -0.123. The lowest BCUT2D eigenvalue weighted by Crippen LogP contribution is -2.49. The first-order chi connectivity index (χ1) is 9.11. The average Bonchev–Trinajstić information content (AvgIpc) is 2.46. The number of pyridine rings is 1. The van der Waals surface area contributed by atoms with Crippen LogP contribution in [0.3, 0.4) is 0 Å². The Morgan fingerprint density at radius 1 is 1.32 bits per heavy atom. The van der Waals surface area contributed by atoms with Crippen LogP contribution in [0.25, 0.3) is 0 Å². The largest absolute Gasteiger partial charge is 0.353 e. The highest BCUT2D eigenvalue weighted by Gasteiger charge is 2.20. The van der Waals surface area contributed by atoms with Crippen molar-refractivity contribution in [3.05, 3.63) is 23.9 Å². The van der Waals surface area contributed by atoms with Gasteiger partial charge in [0.2, 0.25) is 0 Å². The number of amides is 1. The summed E-state index contributed by atoms with van der Waals surface area (Å²) in [6, 6.07) is 4.16. The Labute approximate surface area is 113 Å². The fourth-order valence-corrected chi connectivity index (χ4v) is 2.17. The molecule has 0 saturated carbocycles. The fourth-order valence-electron chi connectivity index (χ4n) is 2.17. The average molecular weight is 260 g/mol. The summed E-state index contributed by atoms with van der Waals surface area (Å²) in [6.07, 6.45) is 2.81. The van der Waals surface area contributed by atoms with E-state index in [1.165, 1.54) is 5.56 Å². The maximum absolute atomic E-state index is 11.4. The van der Waals surface area contributed by atoms with Gasteiger partial charge in [0, 0.05) is 32.4 Å². The molecule has 19 heavy (non-hydrogen) atoms. The van der Waals surface area contributed by atoms with Gasteiger partial charge in [0.15, 0.2) is 0 Å². The molecular weight excluding hydrogens is 240 g/mol. The number of aromatic nitrogens is 1. The Morgan fingerprint density at radius 3 is 2.47 bits per heavy atom. The van der Waals surface area contributed by atoms with Gasteiger partial charge in [-0.2, -0.15) is 0 Å². The molecule has 5 heteroatoms. The predicted octanol–water partition coefficient (Wildman–Crippen LogP) is 1.50. The van der Waals surface area contributed by atoms with Crippen LogP contribution in [0, 0.1) is 5.41 Å². The summed E-state index contributed by atoms with van der Waals surface area (Å²) in [5.74, 6) is 1.25. The summed E-state index contributed by atoms with van der Waals surface area (Å²) in [5.41, 5.74) is 1.24. The Balaban J connectivity index is 1.97.